The SMILES string of the molecule is CC(C)[O-].[K+].[NH2-].[Ru]. The zero-order chi connectivity index (χ0) is 3.58. The number of hydrogen-bond acceptors (Lipinski definition) is 1. The molecule has 0 aromatic heterocycles. The van der Waals surface area contributed by atoms with Crippen LogP contribution >= 0.6 is 0 Å². The van der Waals surface area contributed by atoms with Crippen molar-refractivity contribution < 1.29 is 76.0 Å². The van der Waals surface area contributed by atoms with Crippen molar-refractivity contribution in [1.82, 2.24) is 0 Å². The average molecular weight is 215 g/mol. The Morgan fingerprint density at radius 3 is 1.29 bits per heavy atom. The molecule has 0 aliphatic carbocycles. The van der Waals surface area contributed by atoms with Crippen LogP contribution in [0.4, 0.5) is 0 Å². The fraction of sp³-hybridized carbons (Fsp3) is 1.00. The number of nitrogens with two attached hydrogens (primary N) is 1. The molecule has 0 aromatic carbocycles. The first-order valence-electron chi connectivity index (χ1n) is 1.39. The zero-order valence-corrected chi connectivity index (χ0v) is 9.78. The summed E-state index contributed by atoms with van der Waals surface area (Å²) in [6, 6.07) is 0. The van der Waals surface area contributed by atoms with Gasteiger partial charge in [0.2, 0.25) is 0 Å². The standard InChI is InChI=1S/C3H7O.K.H2N.Ru/c1-3(2)4;;;/h3H,1-2H3;;1H2;/q-1;+1;-1;. The molecule has 4 heteroatoms. The van der Waals surface area contributed by atoms with Crippen molar-refractivity contribution in [1.29, 1.82) is 0 Å². The number of rotatable bonds is 0. The predicted octanol–water partition coefficient (Wildman–Crippen LogP) is -2.53. The molecule has 0 saturated carbocycles. The Morgan fingerprint density at radius 2 is 1.29 bits per heavy atom. The van der Waals surface area contributed by atoms with E-state index in [1.807, 2.05) is 0 Å². The van der Waals surface area contributed by atoms with E-state index in [1.165, 1.54) is 0 Å². The van der Waals surface area contributed by atoms with E-state index in [4.69, 9.17) is 0 Å². The molecule has 0 aliphatic rings. The maximum absolute atomic E-state index is 9.53. The topological polar surface area (TPSA) is 56.6 Å². The summed E-state index contributed by atoms with van der Waals surface area (Å²) in [6.45, 7) is 3.22. The van der Waals surface area contributed by atoms with E-state index >= 15 is 0 Å². The van der Waals surface area contributed by atoms with Gasteiger partial charge in [0.05, 0.1) is 0 Å². The van der Waals surface area contributed by atoms with E-state index in [0.717, 1.165) is 0 Å². The molecule has 0 amide bonds. The van der Waals surface area contributed by atoms with Crippen LogP contribution in [0.3, 0.4) is 0 Å². The molecule has 42 valence electrons. The van der Waals surface area contributed by atoms with Crippen LogP contribution in [0.1, 0.15) is 13.8 Å². The van der Waals surface area contributed by atoms with Crippen molar-refractivity contribution in [3.63, 3.8) is 0 Å². The van der Waals surface area contributed by atoms with Crippen LogP contribution in [0.2, 0.25) is 0 Å². The van der Waals surface area contributed by atoms with E-state index in [-0.39, 0.29) is 77.0 Å². The van der Waals surface area contributed by atoms with E-state index in [0.29, 0.717) is 0 Å². The average Bonchev–Trinajstić information content (AvgIpc) is 0.811. The monoisotopic (exact) mass is 216 g/mol. The van der Waals surface area contributed by atoms with E-state index < -0.39 is 6.10 Å². The first-order valence-corrected chi connectivity index (χ1v) is 1.39. The molecule has 7 heavy (non-hydrogen) atoms. The summed E-state index contributed by atoms with van der Waals surface area (Å²) in [6.07, 6.45) is -0.417. The normalized spacial score (nSPS) is 5.14. The fourth-order valence-electron chi connectivity index (χ4n) is 0. The molecular formula is C3H9KNORu-. The van der Waals surface area contributed by atoms with Gasteiger partial charge in [-0.1, -0.05) is 13.8 Å². The molecule has 0 radical (unpaired) electrons. The summed E-state index contributed by atoms with van der Waals surface area (Å²) < 4.78 is 0. The van der Waals surface area contributed by atoms with Gasteiger partial charge in [-0.25, -0.2) is 0 Å². The van der Waals surface area contributed by atoms with Gasteiger partial charge in [-0.05, 0) is 0 Å². The van der Waals surface area contributed by atoms with Gasteiger partial charge in [-0.15, -0.1) is 6.10 Å². The van der Waals surface area contributed by atoms with Crippen molar-refractivity contribution in [2.24, 2.45) is 0 Å². The molecule has 2 N–H and O–H groups in total. The molecule has 0 saturated heterocycles. The van der Waals surface area contributed by atoms with E-state index in [2.05, 4.69) is 0 Å². The van der Waals surface area contributed by atoms with E-state index in [1.54, 1.807) is 13.8 Å². The van der Waals surface area contributed by atoms with Crippen LogP contribution in [-0.4, -0.2) is 6.10 Å². The van der Waals surface area contributed by atoms with Gasteiger partial charge in [-0.3, -0.25) is 0 Å². The Bertz CT molecular complexity index is 19.7. The Labute approximate surface area is 100 Å². The number of hydrogen-bond donors (Lipinski definition) is 0. The molecule has 0 aromatic rings. The van der Waals surface area contributed by atoms with Gasteiger partial charge in [0.15, 0.2) is 0 Å². The minimum atomic E-state index is -0.417. The summed E-state index contributed by atoms with van der Waals surface area (Å²) in [5, 5.41) is 9.53. The molecule has 0 rings (SSSR count). The molecule has 0 aliphatic heterocycles. The summed E-state index contributed by atoms with van der Waals surface area (Å²) in [7, 11) is 0. The fourth-order valence-corrected chi connectivity index (χ4v) is 0. The molecule has 0 fully saturated rings. The van der Waals surface area contributed by atoms with E-state index in [9.17, 15) is 5.11 Å². The molecule has 0 heterocycles. The van der Waals surface area contributed by atoms with Gasteiger partial charge >= 0.3 is 51.4 Å². The Morgan fingerprint density at radius 1 is 1.29 bits per heavy atom. The molecular weight excluding hydrogens is 206 g/mol. The zero-order valence-electron chi connectivity index (χ0n) is 4.92. The van der Waals surface area contributed by atoms with Crippen molar-refractivity contribution in [2.45, 2.75) is 20.0 Å². The molecule has 0 unspecified atom stereocenters. The first-order chi connectivity index (χ1) is 1.73. The third-order valence-electron chi connectivity index (χ3n) is 0. The summed E-state index contributed by atoms with van der Waals surface area (Å²) in [5.41, 5.74) is 0. The van der Waals surface area contributed by atoms with Gasteiger partial charge in [0.1, 0.15) is 0 Å². The Balaban J connectivity index is -0.0000000150. The van der Waals surface area contributed by atoms with Crippen LogP contribution in [0.5, 0.6) is 0 Å². The summed E-state index contributed by atoms with van der Waals surface area (Å²) in [5.74, 6) is 0. The smallest absolute Gasteiger partial charge is 0.852 e. The maximum Gasteiger partial charge on any atom is 1.00 e. The molecule has 2 nitrogen and oxygen atoms in total. The Kier molecular flexibility index (Phi) is 51.4. The third kappa shape index (κ3) is 65.7. The van der Waals surface area contributed by atoms with Crippen molar-refractivity contribution >= 4 is 0 Å². The Hall–Kier alpha value is 2.18. The van der Waals surface area contributed by atoms with Gasteiger partial charge in [0.25, 0.3) is 0 Å². The maximum atomic E-state index is 9.53. The molecule has 0 atom stereocenters. The molecule has 0 bridgehead atoms. The minimum Gasteiger partial charge on any atom is -0.852 e. The second-order valence-corrected chi connectivity index (χ2v) is 1.05. The van der Waals surface area contributed by atoms with Crippen molar-refractivity contribution in [3.8, 4) is 0 Å². The predicted molar refractivity (Wildman–Crippen MR) is 20.4 cm³/mol. The van der Waals surface area contributed by atoms with Gasteiger partial charge in [-0.2, -0.15) is 0 Å². The second-order valence-electron chi connectivity index (χ2n) is 1.05. The quantitative estimate of drug-likeness (QED) is 0.411. The third-order valence-corrected chi connectivity index (χ3v) is 0. The largest absolute Gasteiger partial charge is 1.00 e. The summed E-state index contributed by atoms with van der Waals surface area (Å²) in [4.78, 5) is 0. The van der Waals surface area contributed by atoms with Crippen molar-refractivity contribution in [3.05, 3.63) is 6.15 Å². The van der Waals surface area contributed by atoms with Gasteiger partial charge < -0.3 is 11.3 Å². The van der Waals surface area contributed by atoms with Gasteiger partial charge in [0, 0.05) is 19.5 Å². The van der Waals surface area contributed by atoms with Crippen LogP contribution in [0.25, 0.3) is 6.15 Å². The minimum absolute atomic E-state index is 0. The molecule has 0 spiro atoms. The summed E-state index contributed by atoms with van der Waals surface area (Å²) >= 11 is 0. The van der Waals surface area contributed by atoms with Crippen LogP contribution in [0.15, 0.2) is 0 Å². The van der Waals surface area contributed by atoms with Crippen LogP contribution in [0, 0.1) is 0 Å². The first kappa shape index (κ1) is 22.9. The van der Waals surface area contributed by atoms with Crippen molar-refractivity contribution in [2.75, 3.05) is 0 Å². The second kappa shape index (κ2) is 15.7. The van der Waals surface area contributed by atoms with Crippen LogP contribution < -0.4 is 56.5 Å². The van der Waals surface area contributed by atoms with Crippen LogP contribution in [-0.2, 0) is 19.5 Å².